The van der Waals surface area contributed by atoms with Crippen molar-refractivity contribution in [1.82, 2.24) is 0 Å². The van der Waals surface area contributed by atoms with Gasteiger partial charge in [0, 0.05) is 12.2 Å². The minimum Gasteiger partial charge on any atom is -0.545 e. The summed E-state index contributed by atoms with van der Waals surface area (Å²) in [6.07, 6.45) is 2.91. The van der Waals surface area contributed by atoms with Crippen LogP contribution in [-0.4, -0.2) is 35.1 Å². The molecule has 0 unspecified atom stereocenters. The molecule has 0 saturated heterocycles. The van der Waals surface area contributed by atoms with Crippen LogP contribution in [0.15, 0.2) is 24.3 Å². The number of carboxylic acids is 2. The maximum absolute atomic E-state index is 10.8. The summed E-state index contributed by atoms with van der Waals surface area (Å²) in [7, 11) is 0. The molecule has 136 valence electrons. The van der Waals surface area contributed by atoms with Gasteiger partial charge in [0.2, 0.25) is 0 Å². The Bertz CT molecular complexity index is 473. The number of ether oxygens (including phenoxy) is 2. The topological polar surface area (TPSA) is 133 Å². The van der Waals surface area contributed by atoms with Crippen molar-refractivity contribution in [2.24, 2.45) is 0 Å². The first-order chi connectivity index (χ1) is 10.6. The monoisotopic (exact) mass is 406 g/mol. The summed E-state index contributed by atoms with van der Waals surface area (Å²) in [5.41, 5.74) is -1.21. The van der Waals surface area contributed by atoms with Gasteiger partial charge in [0.1, 0.15) is 11.2 Å². The van der Waals surface area contributed by atoms with Gasteiger partial charge in [-0.15, -0.1) is 0 Å². The molecular formula is C16H22O8Zn. The molecule has 0 rings (SSSR count). The van der Waals surface area contributed by atoms with Crippen molar-refractivity contribution < 1.29 is 58.3 Å². The van der Waals surface area contributed by atoms with Gasteiger partial charge in [-0.2, -0.15) is 0 Å². The molecule has 25 heavy (non-hydrogen) atoms. The number of hydrogen-bond donors (Lipinski definition) is 0. The van der Waals surface area contributed by atoms with E-state index in [9.17, 15) is 29.4 Å². The summed E-state index contributed by atoms with van der Waals surface area (Å²) in [4.78, 5) is 41.3. The zero-order valence-electron chi connectivity index (χ0n) is 15.3. The number of hydrogen-bond acceptors (Lipinski definition) is 8. The Labute approximate surface area is 159 Å². The molecule has 0 amide bonds. The Morgan fingerprint density at radius 3 is 1.04 bits per heavy atom. The Hall–Kier alpha value is -2.02. The third-order valence-electron chi connectivity index (χ3n) is 1.52. The Morgan fingerprint density at radius 1 is 0.640 bits per heavy atom. The second-order valence-electron chi connectivity index (χ2n) is 6.37. The molecule has 0 N–H and O–H groups in total. The SMILES string of the molecule is CC(C)(C)OC(=O)/C=C\C(=O)[O-].CC(C)(C)OC(=O)/C=C\C(=O)[O-].[Zn+2]. The Morgan fingerprint density at radius 2 is 0.880 bits per heavy atom. The van der Waals surface area contributed by atoms with Crippen molar-refractivity contribution in [2.45, 2.75) is 52.7 Å². The fourth-order valence-corrected chi connectivity index (χ4v) is 0.944. The number of esters is 2. The van der Waals surface area contributed by atoms with Gasteiger partial charge in [-0.1, -0.05) is 0 Å². The van der Waals surface area contributed by atoms with Crippen LogP contribution in [-0.2, 0) is 48.1 Å². The van der Waals surface area contributed by atoms with Crippen molar-refractivity contribution in [3.8, 4) is 0 Å². The van der Waals surface area contributed by atoms with Gasteiger partial charge in [-0.05, 0) is 53.7 Å². The molecule has 0 radical (unpaired) electrons. The molecule has 0 aromatic heterocycles. The standard InChI is InChI=1S/2C8H12O4.Zn/c2*1-8(2,3)12-7(11)5-4-6(9)10;/h2*4-5H,1-3H3,(H,9,10);/q;;+2/p-2/b2*5-4-;. The van der Waals surface area contributed by atoms with Gasteiger partial charge in [-0.25, -0.2) is 9.59 Å². The average Bonchev–Trinajstić information content (AvgIpc) is 2.30. The summed E-state index contributed by atoms with van der Waals surface area (Å²) < 4.78 is 9.54. The van der Waals surface area contributed by atoms with E-state index in [1.165, 1.54) is 0 Å². The number of aliphatic carboxylic acids is 2. The number of carbonyl (C=O) groups excluding carboxylic acids is 4. The molecule has 0 aliphatic carbocycles. The van der Waals surface area contributed by atoms with Crippen molar-refractivity contribution in [1.29, 1.82) is 0 Å². The number of rotatable bonds is 4. The van der Waals surface area contributed by atoms with Gasteiger partial charge in [0.15, 0.2) is 0 Å². The Balaban J connectivity index is -0.000000372. The summed E-state index contributed by atoms with van der Waals surface area (Å²) in [5, 5.41) is 19.7. The van der Waals surface area contributed by atoms with Crippen LogP contribution in [0.4, 0.5) is 0 Å². The molecule has 0 aliphatic heterocycles. The van der Waals surface area contributed by atoms with Gasteiger partial charge in [0.05, 0.1) is 11.9 Å². The smallest absolute Gasteiger partial charge is 0.545 e. The van der Waals surface area contributed by atoms with Crippen LogP contribution in [0.2, 0.25) is 0 Å². The van der Waals surface area contributed by atoms with E-state index in [2.05, 4.69) is 0 Å². The molecule has 0 heterocycles. The first kappa shape index (κ1) is 27.8. The summed E-state index contributed by atoms with van der Waals surface area (Å²) >= 11 is 0. The van der Waals surface area contributed by atoms with Crippen LogP contribution in [0.5, 0.6) is 0 Å². The molecule has 0 aromatic rings. The van der Waals surface area contributed by atoms with Gasteiger partial charge in [-0.3, -0.25) is 0 Å². The molecule has 0 atom stereocenters. The summed E-state index contributed by atoms with van der Waals surface area (Å²) in [6.45, 7) is 10.2. The van der Waals surface area contributed by atoms with E-state index in [-0.39, 0.29) is 19.5 Å². The average molecular weight is 408 g/mol. The molecule has 0 bridgehead atoms. The van der Waals surface area contributed by atoms with E-state index < -0.39 is 35.1 Å². The third-order valence-corrected chi connectivity index (χ3v) is 1.52. The molecule has 0 spiro atoms. The second kappa shape index (κ2) is 12.4. The van der Waals surface area contributed by atoms with Crippen molar-refractivity contribution in [3.05, 3.63) is 24.3 Å². The maximum Gasteiger partial charge on any atom is 2.00 e. The predicted molar refractivity (Wildman–Crippen MR) is 80.0 cm³/mol. The van der Waals surface area contributed by atoms with E-state index in [0.717, 1.165) is 12.2 Å². The molecule has 0 aromatic carbocycles. The predicted octanol–water partition coefficient (Wildman–Crippen LogP) is -0.734. The fraction of sp³-hybridized carbons (Fsp3) is 0.500. The van der Waals surface area contributed by atoms with Crippen LogP contribution in [0.1, 0.15) is 41.5 Å². The van der Waals surface area contributed by atoms with E-state index in [0.29, 0.717) is 12.2 Å². The molecule has 8 nitrogen and oxygen atoms in total. The van der Waals surface area contributed by atoms with E-state index in [4.69, 9.17) is 9.47 Å². The van der Waals surface area contributed by atoms with E-state index in [1.54, 1.807) is 41.5 Å². The van der Waals surface area contributed by atoms with Crippen LogP contribution in [0, 0.1) is 0 Å². The van der Waals surface area contributed by atoms with Crippen molar-refractivity contribution in [2.75, 3.05) is 0 Å². The van der Waals surface area contributed by atoms with Crippen molar-refractivity contribution in [3.63, 3.8) is 0 Å². The Kier molecular flexibility index (Phi) is 13.8. The third kappa shape index (κ3) is 27.1. The molecule has 0 aliphatic rings. The van der Waals surface area contributed by atoms with Crippen LogP contribution in [0.3, 0.4) is 0 Å². The van der Waals surface area contributed by atoms with E-state index >= 15 is 0 Å². The first-order valence-electron chi connectivity index (χ1n) is 6.86. The molecular weight excluding hydrogens is 386 g/mol. The summed E-state index contributed by atoms with van der Waals surface area (Å²) in [5.74, 6) is -4.21. The maximum atomic E-state index is 10.8. The van der Waals surface area contributed by atoms with Crippen LogP contribution >= 0.6 is 0 Å². The molecule has 0 saturated carbocycles. The number of carbonyl (C=O) groups is 4. The normalized spacial score (nSPS) is 11.1. The van der Waals surface area contributed by atoms with Gasteiger partial charge >= 0.3 is 31.4 Å². The van der Waals surface area contributed by atoms with Crippen molar-refractivity contribution >= 4 is 23.9 Å². The van der Waals surface area contributed by atoms with Crippen LogP contribution in [0.25, 0.3) is 0 Å². The molecule has 9 heteroatoms. The quantitative estimate of drug-likeness (QED) is 0.338. The second-order valence-corrected chi connectivity index (χ2v) is 6.37. The fourth-order valence-electron chi connectivity index (χ4n) is 0.944. The van der Waals surface area contributed by atoms with Gasteiger partial charge < -0.3 is 29.3 Å². The minimum atomic E-state index is -1.42. The zero-order chi connectivity index (χ0) is 19.6. The molecule has 0 fully saturated rings. The first-order valence-corrected chi connectivity index (χ1v) is 6.86. The summed E-state index contributed by atoms with van der Waals surface area (Å²) in [6, 6.07) is 0. The van der Waals surface area contributed by atoms with Crippen LogP contribution < -0.4 is 10.2 Å². The largest absolute Gasteiger partial charge is 2.00 e. The van der Waals surface area contributed by atoms with Gasteiger partial charge in [0.25, 0.3) is 0 Å². The number of carboxylic acid groups (broad SMARTS) is 2. The minimum absolute atomic E-state index is 0. The van der Waals surface area contributed by atoms with E-state index in [1.807, 2.05) is 0 Å². The zero-order valence-corrected chi connectivity index (χ0v) is 18.2.